The van der Waals surface area contributed by atoms with Gasteiger partial charge in [0.05, 0.1) is 13.2 Å². The standard InChI is InChI=1S/C91H167O25P/c1-6-10-14-18-22-25-28-31-32-33-36-39-41-44-52-58-64-76(95)110-71(67-107-74(93)62-56-51-47-46-49-55-61-70(5)60-54-48-21-17-13-9-4)68-109-117(105,106)116-89-87(114-90-84(103)80(99)78(97)72(66-92)111-90)83(102)82(101)86(113-77(96)65-59-53-45-42-38-35-30-27-24-20-16-12-8-3)88(89)115-91-85(104)81(100)79(98)73(112-91)69-108-75(94)63-57-50-43-40-37-34-29-26-23-19-15-11-7-2/h34-35,37-38,70-73,78-92,97-104H,6-33,36,39-69H2,1-5H3,(H,105,106)/b37-34-,38-35-. The predicted molar refractivity (Wildman–Crippen MR) is 453 cm³/mol. The van der Waals surface area contributed by atoms with Crippen LogP contribution in [0.25, 0.3) is 0 Å². The molecular weight excluding hydrogens is 1520 g/mol. The van der Waals surface area contributed by atoms with E-state index in [1.807, 2.05) is 0 Å². The molecular formula is C91H167O25P. The largest absolute Gasteiger partial charge is 0.472 e. The Morgan fingerprint density at radius 1 is 0.359 bits per heavy atom. The molecule has 25 nitrogen and oxygen atoms in total. The van der Waals surface area contributed by atoms with Crippen LogP contribution in [0.1, 0.15) is 394 Å². The quantitative estimate of drug-likeness (QED) is 0.00889. The maximum Gasteiger partial charge on any atom is 0.472 e. The Morgan fingerprint density at radius 3 is 1.11 bits per heavy atom. The first-order valence-electron chi connectivity index (χ1n) is 47.0. The fourth-order valence-electron chi connectivity index (χ4n) is 15.5. The van der Waals surface area contributed by atoms with Gasteiger partial charge in [-0.05, 0) is 83.0 Å². The number of allylic oxidation sites excluding steroid dienone is 4. The third-order valence-corrected chi connectivity index (χ3v) is 24.1. The van der Waals surface area contributed by atoms with Crippen LogP contribution in [0.15, 0.2) is 24.3 Å². The fraction of sp³-hybridized carbons (Fsp3) is 0.912. The van der Waals surface area contributed by atoms with E-state index in [-0.39, 0.29) is 32.1 Å². The highest BCUT2D eigenvalue weighted by atomic mass is 31.2. The molecule has 1 aliphatic carbocycles. The van der Waals surface area contributed by atoms with Gasteiger partial charge in [-0.15, -0.1) is 0 Å². The van der Waals surface area contributed by atoms with Crippen LogP contribution in [0.4, 0.5) is 0 Å². The van der Waals surface area contributed by atoms with E-state index >= 15 is 0 Å². The number of rotatable bonds is 75. The minimum absolute atomic E-state index is 0.00762. The van der Waals surface area contributed by atoms with E-state index in [1.54, 1.807) is 0 Å². The van der Waals surface area contributed by atoms with Crippen LogP contribution in [-0.2, 0) is 70.7 Å². The number of aliphatic hydroxyl groups excluding tert-OH is 9. The molecule has 686 valence electrons. The smallest absolute Gasteiger partial charge is 0.463 e. The summed E-state index contributed by atoms with van der Waals surface area (Å²) in [6.07, 6.45) is 27.6. The van der Waals surface area contributed by atoms with Crippen molar-refractivity contribution in [1.82, 2.24) is 0 Å². The summed E-state index contributed by atoms with van der Waals surface area (Å²) in [5.41, 5.74) is 0. The number of hydrogen-bond acceptors (Lipinski definition) is 24. The van der Waals surface area contributed by atoms with Crippen LogP contribution in [0.5, 0.6) is 0 Å². The Labute approximate surface area is 704 Å². The molecule has 0 aromatic rings. The molecule has 19 unspecified atom stereocenters. The van der Waals surface area contributed by atoms with E-state index < -0.39 is 162 Å². The SMILES string of the molecule is CCCCCCCC/C=C\CCCCCC(=O)OCC1OC(OC2C(OC(=O)CCCCC/C=C\CCCCCCCC)C(O)C(O)C(OC3OC(CO)C(O)C(O)C3O)C2OP(=O)(O)OCC(COC(=O)CCCCCCCCC(C)CCCCCCCC)OC(=O)CCCCCCCCCCCCCCCCCC)C(O)C(O)C1O. The lowest BCUT2D eigenvalue weighted by Gasteiger charge is -2.50. The number of esters is 4. The maximum atomic E-state index is 14.9. The van der Waals surface area contributed by atoms with Crippen molar-refractivity contribution in [3.05, 3.63) is 24.3 Å². The van der Waals surface area contributed by atoms with E-state index in [0.717, 1.165) is 116 Å². The van der Waals surface area contributed by atoms with Crippen LogP contribution in [0.2, 0.25) is 0 Å². The first-order chi connectivity index (χ1) is 56.6. The van der Waals surface area contributed by atoms with Gasteiger partial charge in [0.25, 0.3) is 0 Å². The number of aliphatic hydroxyl groups is 9. The van der Waals surface area contributed by atoms with Crippen LogP contribution >= 0.6 is 7.82 Å². The number of unbranched alkanes of at least 4 members (excludes halogenated alkanes) is 43. The Hall–Kier alpha value is -3.05. The van der Waals surface area contributed by atoms with Gasteiger partial charge in [-0.1, -0.05) is 316 Å². The summed E-state index contributed by atoms with van der Waals surface area (Å²) in [5.74, 6) is -2.31. The van der Waals surface area contributed by atoms with Gasteiger partial charge in [0.1, 0.15) is 92.6 Å². The van der Waals surface area contributed by atoms with Crippen molar-refractivity contribution < 1.29 is 122 Å². The van der Waals surface area contributed by atoms with Gasteiger partial charge in [-0.25, -0.2) is 4.57 Å². The van der Waals surface area contributed by atoms with Crippen LogP contribution in [0.3, 0.4) is 0 Å². The summed E-state index contributed by atoms with van der Waals surface area (Å²) in [5, 5.41) is 102. The third kappa shape index (κ3) is 49.9. The molecule has 2 saturated heterocycles. The van der Waals surface area contributed by atoms with Gasteiger partial charge in [-0.2, -0.15) is 0 Å². The minimum atomic E-state index is -5.81. The molecule has 26 heteroatoms. The fourth-order valence-corrected chi connectivity index (χ4v) is 16.5. The second-order valence-corrected chi connectivity index (χ2v) is 35.2. The highest BCUT2D eigenvalue weighted by Crippen LogP contribution is 2.49. The molecule has 3 fully saturated rings. The average Bonchev–Trinajstić information content (AvgIpc) is 0.754. The van der Waals surface area contributed by atoms with E-state index in [0.29, 0.717) is 44.4 Å². The monoisotopic (exact) mass is 1690 g/mol. The molecule has 0 amide bonds. The second-order valence-electron chi connectivity index (χ2n) is 33.8. The summed E-state index contributed by atoms with van der Waals surface area (Å²) in [7, 11) is -5.81. The molecule has 0 spiro atoms. The zero-order valence-electron chi connectivity index (χ0n) is 73.2. The summed E-state index contributed by atoms with van der Waals surface area (Å²) in [4.78, 5) is 66.5. The van der Waals surface area contributed by atoms with Crippen LogP contribution < -0.4 is 0 Å². The zero-order valence-corrected chi connectivity index (χ0v) is 74.1. The van der Waals surface area contributed by atoms with E-state index in [4.69, 9.17) is 46.9 Å². The molecule has 0 radical (unpaired) electrons. The van der Waals surface area contributed by atoms with Crippen molar-refractivity contribution in [2.75, 3.05) is 26.4 Å². The molecule has 3 aliphatic rings. The van der Waals surface area contributed by atoms with Gasteiger partial charge in [0, 0.05) is 25.7 Å². The molecule has 0 aromatic heterocycles. The normalized spacial score (nSPS) is 25.4. The van der Waals surface area contributed by atoms with Gasteiger partial charge in [0.15, 0.2) is 24.8 Å². The Kier molecular flexibility index (Phi) is 64.0. The summed E-state index contributed by atoms with van der Waals surface area (Å²) in [6, 6.07) is 0. The molecule has 10 N–H and O–H groups in total. The lowest BCUT2D eigenvalue weighted by Crippen LogP contribution is -2.70. The Balaban J connectivity index is 1.93. The number of hydrogen-bond donors (Lipinski definition) is 10. The van der Waals surface area contributed by atoms with Gasteiger partial charge in [-0.3, -0.25) is 28.2 Å². The first kappa shape index (κ1) is 108. The lowest BCUT2D eigenvalue weighted by molar-refractivity contribution is -0.360. The Morgan fingerprint density at radius 2 is 0.692 bits per heavy atom. The number of carbonyl (C=O) groups is 4. The average molecular weight is 1690 g/mol. The number of carbonyl (C=O) groups excluding carboxylic acids is 4. The van der Waals surface area contributed by atoms with Gasteiger partial charge >= 0.3 is 31.7 Å². The molecule has 19 atom stereocenters. The highest BCUT2D eigenvalue weighted by molar-refractivity contribution is 7.47. The van der Waals surface area contributed by atoms with E-state index in [1.165, 1.54) is 173 Å². The molecule has 3 rings (SSSR count). The first-order valence-corrected chi connectivity index (χ1v) is 48.5. The van der Waals surface area contributed by atoms with Gasteiger partial charge in [0.2, 0.25) is 0 Å². The number of ether oxygens (including phenoxy) is 8. The molecule has 1 saturated carbocycles. The van der Waals surface area contributed by atoms with Crippen LogP contribution in [-0.4, -0.2) is 205 Å². The Bertz CT molecular complexity index is 2550. The predicted octanol–water partition coefficient (Wildman–Crippen LogP) is 17.2. The third-order valence-electron chi connectivity index (χ3n) is 23.1. The van der Waals surface area contributed by atoms with Crippen molar-refractivity contribution in [1.29, 1.82) is 0 Å². The van der Waals surface area contributed by atoms with Crippen LogP contribution in [0, 0.1) is 5.92 Å². The summed E-state index contributed by atoms with van der Waals surface area (Å²) in [6.45, 7) is 7.89. The number of phosphoric ester groups is 1. The zero-order chi connectivity index (χ0) is 85.5. The number of phosphoric acid groups is 1. The molecule has 2 aliphatic heterocycles. The van der Waals surface area contributed by atoms with Crippen molar-refractivity contribution in [2.24, 2.45) is 5.92 Å². The maximum absolute atomic E-state index is 14.9. The minimum Gasteiger partial charge on any atom is -0.463 e. The topological polar surface area (TPSA) is 380 Å². The van der Waals surface area contributed by atoms with Crippen molar-refractivity contribution in [3.8, 4) is 0 Å². The molecule has 0 aromatic carbocycles. The molecule has 117 heavy (non-hydrogen) atoms. The van der Waals surface area contributed by atoms with Crippen molar-refractivity contribution in [3.63, 3.8) is 0 Å². The molecule has 2 heterocycles. The van der Waals surface area contributed by atoms with E-state index in [2.05, 4.69) is 58.9 Å². The lowest BCUT2D eigenvalue weighted by atomic mass is 9.84. The second kappa shape index (κ2) is 69.3. The summed E-state index contributed by atoms with van der Waals surface area (Å²) >= 11 is 0. The summed E-state index contributed by atoms with van der Waals surface area (Å²) < 4.78 is 73.4. The van der Waals surface area contributed by atoms with Gasteiger partial charge < -0.3 is 88.7 Å². The molecule has 0 bridgehead atoms. The van der Waals surface area contributed by atoms with Crippen molar-refractivity contribution in [2.45, 2.75) is 498 Å². The van der Waals surface area contributed by atoms with Crippen molar-refractivity contribution >= 4 is 31.7 Å². The highest BCUT2D eigenvalue weighted by Gasteiger charge is 2.60. The van der Waals surface area contributed by atoms with E-state index in [9.17, 15) is 74.6 Å².